The van der Waals surface area contributed by atoms with Crippen molar-refractivity contribution in [1.82, 2.24) is 0 Å². The summed E-state index contributed by atoms with van der Waals surface area (Å²) in [5.41, 5.74) is 0. The third-order valence-corrected chi connectivity index (χ3v) is 0.791. The van der Waals surface area contributed by atoms with Gasteiger partial charge in [-0.1, -0.05) is 15.9 Å². The molecule has 0 atom stereocenters. The second-order valence-corrected chi connectivity index (χ2v) is 1.26. The van der Waals surface area contributed by atoms with Gasteiger partial charge in [0, 0.05) is 0 Å². The molecule has 1 radical (unpaired) electrons. The lowest BCUT2D eigenvalue weighted by molar-refractivity contribution is 0.334. The van der Waals surface area contributed by atoms with Crippen LogP contribution in [-0.4, -0.2) is 5.33 Å². The Labute approximate surface area is 43.6 Å². The molecule has 0 amide bonds. The predicted molar refractivity (Wildman–Crippen MR) is 23.7 cm³/mol. The van der Waals surface area contributed by atoms with Gasteiger partial charge < -0.3 is 0 Å². The molecular weight excluding hydrogens is 151 g/mol. The molecule has 6 heavy (non-hydrogen) atoms. The second kappa shape index (κ2) is 3.15. The average molecular weight is 154 g/mol. The second-order valence-electron chi connectivity index (χ2n) is 0.698. The van der Waals surface area contributed by atoms with E-state index in [1.807, 2.05) is 0 Å². The smallest absolute Gasteiger partial charge is 0.175 e. The molecule has 0 heterocycles. The first-order valence-electron chi connectivity index (χ1n) is 1.33. The molecule has 0 aromatic rings. The number of hydrogen-bond acceptors (Lipinski definition) is 0. The van der Waals surface area contributed by atoms with E-state index in [1.54, 1.807) is 0 Å². The lowest BCUT2D eigenvalue weighted by Crippen LogP contribution is -1.67. The summed E-state index contributed by atoms with van der Waals surface area (Å²) in [5, 5.41) is 9.32. The molecule has 0 aliphatic rings. The zero-order valence-corrected chi connectivity index (χ0v) is 4.53. The van der Waals surface area contributed by atoms with Crippen molar-refractivity contribution >= 4 is 15.9 Å². The van der Waals surface area contributed by atoms with Crippen molar-refractivity contribution in [2.75, 3.05) is 5.33 Å². The molecule has 0 rings (SSSR count). The van der Waals surface area contributed by atoms with Gasteiger partial charge in [-0.3, -0.25) is 5.11 Å². The fourth-order valence-electron chi connectivity index (χ4n) is 0.0315. The van der Waals surface area contributed by atoms with Crippen LogP contribution in [-0.2, 0) is 5.11 Å². The molecule has 0 bridgehead atoms. The lowest BCUT2D eigenvalue weighted by atomic mass is 10.7. The average Bonchev–Trinajstić information content (AvgIpc) is 1.65. The number of alkyl halides is 1. The summed E-state index contributed by atoms with van der Waals surface area (Å²) in [4.78, 5) is 0. The third kappa shape index (κ3) is 2.20. The van der Waals surface area contributed by atoms with Crippen LogP contribution in [0.2, 0.25) is 0 Å². The summed E-state index contributed by atoms with van der Waals surface area (Å²) in [5.74, 6) is -0.671. The van der Waals surface area contributed by atoms with Crippen molar-refractivity contribution in [2.24, 2.45) is 0 Å². The lowest BCUT2D eigenvalue weighted by Gasteiger charge is -1.74. The number of hydrogen-bond donors (Lipinski definition) is 0. The van der Waals surface area contributed by atoms with Crippen LogP contribution in [0.15, 0.2) is 12.1 Å². The fraction of sp³-hybridized carbons (Fsp3) is 0.333. The van der Waals surface area contributed by atoms with Crippen LogP contribution in [0.4, 0.5) is 4.39 Å². The van der Waals surface area contributed by atoms with E-state index in [-0.39, 0.29) is 11.6 Å². The SMILES string of the molecule is [O]/C=C(/F)CBr. The van der Waals surface area contributed by atoms with Gasteiger partial charge in [-0.05, 0) is 0 Å². The van der Waals surface area contributed by atoms with Gasteiger partial charge in [0.05, 0.1) is 5.33 Å². The molecule has 0 aromatic carbocycles. The van der Waals surface area contributed by atoms with Crippen molar-refractivity contribution < 1.29 is 9.50 Å². The van der Waals surface area contributed by atoms with Crippen molar-refractivity contribution in [3.05, 3.63) is 12.1 Å². The van der Waals surface area contributed by atoms with E-state index in [2.05, 4.69) is 15.9 Å². The molecule has 0 unspecified atom stereocenters. The van der Waals surface area contributed by atoms with Crippen molar-refractivity contribution in [3.8, 4) is 0 Å². The van der Waals surface area contributed by atoms with Crippen LogP contribution >= 0.6 is 15.9 Å². The Morgan fingerprint density at radius 3 is 2.50 bits per heavy atom. The summed E-state index contributed by atoms with van der Waals surface area (Å²) in [6.45, 7) is 0. The molecule has 0 aromatic heterocycles. The van der Waals surface area contributed by atoms with Gasteiger partial charge in [-0.2, -0.15) is 0 Å². The molecule has 0 aliphatic carbocycles. The highest BCUT2D eigenvalue weighted by Gasteiger charge is 1.85. The fourth-order valence-corrected chi connectivity index (χ4v) is 0.164. The predicted octanol–water partition coefficient (Wildman–Crippen LogP) is 1.62. The standard InChI is InChI=1S/C3H3BrFO/c4-1-3(5)2-6/h2H,1H2/b3-2+. The Hall–Kier alpha value is -0.0500. The van der Waals surface area contributed by atoms with Crippen molar-refractivity contribution in [2.45, 2.75) is 0 Å². The molecule has 1 nitrogen and oxygen atoms in total. The van der Waals surface area contributed by atoms with E-state index in [0.717, 1.165) is 0 Å². The molecule has 3 heteroatoms. The minimum Gasteiger partial charge on any atom is -0.296 e. The molecule has 0 N–H and O–H groups in total. The van der Waals surface area contributed by atoms with Crippen LogP contribution in [0.1, 0.15) is 0 Å². The third-order valence-electron chi connectivity index (χ3n) is 0.256. The van der Waals surface area contributed by atoms with Gasteiger partial charge in [0.2, 0.25) is 0 Å². The number of rotatable bonds is 1. The molecule has 0 saturated heterocycles. The Balaban J connectivity index is 3.22. The summed E-state index contributed by atoms with van der Waals surface area (Å²) in [7, 11) is 0. The van der Waals surface area contributed by atoms with Gasteiger partial charge in [-0.25, -0.2) is 4.39 Å². The van der Waals surface area contributed by atoms with Crippen LogP contribution in [0, 0.1) is 0 Å². The van der Waals surface area contributed by atoms with Gasteiger partial charge in [-0.15, -0.1) is 0 Å². The quantitative estimate of drug-likeness (QED) is 0.404. The largest absolute Gasteiger partial charge is 0.296 e. The first-order valence-corrected chi connectivity index (χ1v) is 2.46. The van der Waals surface area contributed by atoms with E-state index in [4.69, 9.17) is 0 Å². The maximum absolute atomic E-state index is 11.4. The van der Waals surface area contributed by atoms with E-state index in [0.29, 0.717) is 0 Å². The Morgan fingerprint density at radius 2 is 2.50 bits per heavy atom. The minimum absolute atomic E-state index is 0.0243. The zero-order chi connectivity index (χ0) is 4.99. The molecule has 0 fully saturated rings. The van der Waals surface area contributed by atoms with Crippen LogP contribution in [0.3, 0.4) is 0 Å². The molecule has 0 saturated carbocycles. The van der Waals surface area contributed by atoms with Gasteiger partial charge in [0.1, 0.15) is 0 Å². The summed E-state index contributed by atoms with van der Waals surface area (Å²) < 4.78 is 11.4. The van der Waals surface area contributed by atoms with Crippen LogP contribution in [0.5, 0.6) is 0 Å². The number of halogens is 2. The highest BCUT2D eigenvalue weighted by molar-refractivity contribution is 9.09. The van der Waals surface area contributed by atoms with E-state index in [9.17, 15) is 9.50 Å². The van der Waals surface area contributed by atoms with E-state index >= 15 is 0 Å². The Kier molecular flexibility index (Phi) is 3.13. The zero-order valence-electron chi connectivity index (χ0n) is 2.95. The number of allylic oxidation sites excluding steroid dienone is 1. The Morgan fingerprint density at radius 1 is 2.00 bits per heavy atom. The summed E-state index contributed by atoms with van der Waals surface area (Å²) >= 11 is 2.73. The minimum atomic E-state index is -0.671. The maximum atomic E-state index is 11.4. The molecule has 0 aliphatic heterocycles. The first kappa shape index (κ1) is 5.95. The van der Waals surface area contributed by atoms with Crippen LogP contribution < -0.4 is 0 Å². The summed E-state index contributed by atoms with van der Waals surface area (Å²) in [6.07, 6.45) is 0.175. The Bertz CT molecular complexity index is 61.8. The normalized spacial score (nSPS) is 12.0. The molecule has 35 valence electrons. The maximum Gasteiger partial charge on any atom is 0.175 e. The van der Waals surface area contributed by atoms with Crippen molar-refractivity contribution in [1.29, 1.82) is 0 Å². The van der Waals surface area contributed by atoms with Crippen molar-refractivity contribution in [3.63, 3.8) is 0 Å². The summed E-state index contributed by atoms with van der Waals surface area (Å²) in [6, 6.07) is 0. The first-order chi connectivity index (χ1) is 2.81. The van der Waals surface area contributed by atoms with E-state index in [1.165, 1.54) is 0 Å². The highest BCUT2D eigenvalue weighted by atomic mass is 79.9. The highest BCUT2D eigenvalue weighted by Crippen LogP contribution is 1.97. The van der Waals surface area contributed by atoms with E-state index < -0.39 is 5.83 Å². The molecular formula is C3H3BrFO. The van der Waals surface area contributed by atoms with Gasteiger partial charge in [0.25, 0.3) is 0 Å². The van der Waals surface area contributed by atoms with Gasteiger partial charge >= 0.3 is 0 Å². The molecule has 0 spiro atoms. The topological polar surface area (TPSA) is 19.9 Å². The van der Waals surface area contributed by atoms with Crippen LogP contribution in [0.25, 0.3) is 0 Å². The van der Waals surface area contributed by atoms with Gasteiger partial charge in [0.15, 0.2) is 12.1 Å². The monoisotopic (exact) mass is 153 g/mol.